The molecule has 27 heavy (non-hydrogen) atoms. The number of benzene rings is 2. The molecule has 0 fully saturated rings. The van der Waals surface area contributed by atoms with Crippen LogP contribution in [0, 0.1) is 0 Å². The summed E-state index contributed by atoms with van der Waals surface area (Å²) in [5.74, 6) is -1.79. The molecule has 3 rings (SSSR count). The van der Waals surface area contributed by atoms with Crippen molar-refractivity contribution < 1.29 is 19.5 Å². The highest BCUT2D eigenvalue weighted by molar-refractivity contribution is 5.98. The van der Waals surface area contributed by atoms with E-state index in [2.05, 4.69) is 16.7 Å². The molecule has 6 heteroatoms. The minimum atomic E-state index is -1.10. The van der Waals surface area contributed by atoms with Crippen molar-refractivity contribution in [3.05, 3.63) is 65.2 Å². The summed E-state index contributed by atoms with van der Waals surface area (Å²) in [6, 6.07) is 13.5. The van der Waals surface area contributed by atoms with E-state index in [4.69, 9.17) is 5.11 Å². The van der Waals surface area contributed by atoms with E-state index in [0.717, 1.165) is 24.8 Å². The lowest BCUT2D eigenvalue weighted by molar-refractivity contribution is -0.138. The Kier molecular flexibility index (Phi) is 5.54. The molecule has 2 amide bonds. The van der Waals surface area contributed by atoms with Crippen LogP contribution >= 0.6 is 0 Å². The van der Waals surface area contributed by atoms with Crippen molar-refractivity contribution in [1.82, 2.24) is 5.32 Å². The first kappa shape index (κ1) is 18.6. The number of aliphatic carboxylic acids is 1. The summed E-state index contributed by atoms with van der Waals surface area (Å²) in [5, 5.41) is 14.2. The van der Waals surface area contributed by atoms with Gasteiger partial charge in [0, 0.05) is 11.3 Å². The topological polar surface area (TPSA) is 95.5 Å². The van der Waals surface area contributed by atoms with Crippen LogP contribution in [-0.4, -0.2) is 28.9 Å². The van der Waals surface area contributed by atoms with Gasteiger partial charge < -0.3 is 15.7 Å². The SMILES string of the molecule is CC(NC(=O)c1ccc(NC(=O)C2CCCc3ccccc32)cc1)C(=O)O. The highest BCUT2D eigenvalue weighted by Gasteiger charge is 2.26. The molecule has 0 heterocycles. The summed E-state index contributed by atoms with van der Waals surface area (Å²) in [6.07, 6.45) is 2.80. The number of hydrogen-bond acceptors (Lipinski definition) is 3. The normalized spacial score (nSPS) is 16.7. The van der Waals surface area contributed by atoms with Crippen LogP contribution in [0.15, 0.2) is 48.5 Å². The highest BCUT2D eigenvalue weighted by atomic mass is 16.4. The van der Waals surface area contributed by atoms with Gasteiger partial charge in [0.2, 0.25) is 5.91 Å². The Morgan fingerprint density at radius 3 is 2.48 bits per heavy atom. The van der Waals surface area contributed by atoms with Gasteiger partial charge in [-0.15, -0.1) is 0 Å². The molecule has 0 aliphatic heterocycles. The van der Waals surface area contributed by atoms with Gasteiger partial charge in [0.25, 0.3) is 5.91 Å². The zero-order valence-electron chi connectivity index (χ0n) is 15.1. The van der Waals surface area contributed by atoms with Gasteiger partial charge in [0.1, 0.15) is 6.04 Å². The Balaban J connectivity index is 1.66. The second kappa shape index (κ2) is 8.03. The number of carbonyl (C=O) groups excluding carboxylic acids is 2. The molecule has 2 unspecified atom stereocenters. The minimum Gasteiger partial charge on any atom is -0.480 e. The maximum absolute atomic E-state index is 12.7. The molecule has 3 N–H and O–H groups in total. The monoisotopic (exact) mass is 366 g/mol. The molecular formula is C21H22N2O4. The van der Waals surface area contributed by atoms with E-state index >= 15 is 0 Å². The van der Waals surface area contributed by atoms with Gasteiger partial charge in [-0.2, -0.15) is 0 Å². The van der Waals surface area contributed by atoms with Crippen molar-refractivity contribution in [3.8, 4) is 0 Å². The van der Waals surface area contributed by atoms with Gasteiger partial charge in [-0.25, -0.2) is 0 Å². The van der Waals surface area contributed by atoms with E-state index in [0.29, 0.717) is 11.3 Å². The molecule has 6 nitrogen and oxygen atoms in total. The smallest absolute Gasteiger partial charge is 0.325 e. The number of fused-ring (bicyclic) bond motifs is 1. The number of carboxylic acid groups (broad SMARTS) is 1. The van der Waals surface area contributed by atoms with E-state index in [-0.39, 0.29) is 11.8 Å². The molecule has 2 aromatic rings. The van der Waals surface area contributed by atoms with Crippen LogP contribution in [0.25, 0.3) is 0 Å². The van der Waals surface area contributed by atoms with Gasteiger partial charge in [-0.3, -0.25) is 14.4 Å². The van der Waals surface area contributed by atoms with Crippen molar-refractivity contribution in [2.45, 2.75) is 38.1 Å². The Morgan fingerprint density at radius 1 is 1.07 bits per heavy atom. The third-order valence-corrected chi connectivity index (χ3v) is 4.82. The number of rotatable bonds is 5. The van der Waals surface area contributed by atoms with Crippen molar-refractivity contribution in [2.24, 2.45) is 0 Å². The average Bonchev–Trinajstić information content (AvgIpc) is 2.67. The van der Waals surface area contributed by atoms with Crippen LogP contribution in [0.5, 0.6) is 0 Å². The molecule has 0 saturated carbocycles. The largest absolute Gasteiger partial charge is 0.480 e. The second-order valence-electron chi connectivity index (χ2n) is 6.74. The summed E-state index contributed by atoms with van der Waals surface area (Å²) < 4.78 is 0. The predicted octanol–water partition coefficient (Wildman–Crippen LogP) is 2.95. The molecule has 0 bridgehead atoms. The van der Waals surface area contributed by atoms with Crippen LogP contribution in [0.3, 0.4) is 0 Å². The number of amides is 2. The lowest BCUT2D eigenvalue weighted by atomic mass is 9.82. The van der Waals surface area contributed by atoms with E-state index < -0.39 is 17.9 Å². The van der Waals surface area contributed by atoms with Crippen LogP contribution in [0.1, 0.15) is 47.2 Å². The first-order valence-electron chi connectivity index (χ1n) is 8.98. The molecule has 0 spiro atoms. The quantitative estimate of drug-likeness (QED) is 0.758. The fourth-order valence-corrected chi connectivity index (χ4v) is 3.30. The maximum Gasteiger partial charge on any atom is 0.325 e. The summed E-state index contributed by atoms with van der Waals surface area (Å²) in [4.78, 5) is 35.5. The van der Waals surface area contributed by atoms with Gasteiger partial charge >= 0.3 is 5.97 Å². The van der Waals surface area contributed by atoms with Crippen LogP contribution in [0.2, 0.25) is 0 Å². The van der Waals surface area contributed by atoms with E-state index in [1.165, 1.54) is 12.5 Å². The Bertz CT molecular complexity index is 861. The van der Waals surface area contributed by atoms with E-state index in [9.17, 15) is 14.4 Å². The van der Waals surface area contributed by atoms with Gasteiger partial charge in [-0.05, 0) is 61.6 Å². The average molecular weight is 366 g/mol. The molecule has 0 aromatic heterocycles. The third kappa shape index (κ3) is 4.34. The van der Waals surface area contributed by atoms with E-state index in [1.54, 1.807) is 24.3 Å². The molecule has 0 radical (unpaired) electrons. The predicted molar refractivity (Wildman–Crippen MR) is 102 cm³/mol. The van der Waals surface area contributed by atoms with E-state index in [1.807, 2.05) is 18.2 Å². The lowest BCUT2D eigenvalue weighted by Gasteiger charge is -2.24. The van der Waals surface area contributed by atoms with Crippen molar-refractivity contribution in [2.75, 3.05) is 5.32 Å². The van der Waals surface area contributed by atoms with Crippen molar-refractivity contribution >= 4 is 23.5 Å². The first-order chi connectivity index (χ1) is 13.0. The van der Waals surface area contributed by atoms with Crippen LogP contribution < -0.4 is 10.6 Å². The Labute approximate surface area is 157 Å². The molecule has 1 aliphatic carbocycles. The minimum absolute atomic E-state index is 0.0566. The zero-order chi connectivity index (χ0) is 19.4. The summed E-state index contributed by atoms with van der Waals surface area (Å²) >= 11 is 0. The fraction of sp³-hybridized carbons (Fsp3) is 0.286. The molecule has 140 valence electrons. The fourth-order valence-electron chi connectivity index (χ4n) is 3.30. The number of nitrogens with one attached hydrogen (secondary N) is 2. The number of aryl methyl sites for hydroxylation is 1. The van der Waals surface area contributed by atoms with Gasteiger partial charge in [-0.1, -0.05) is 24.3 Å². The Hall–Kier alpha value is -3.15. The molecule has 2 atom stereocenters. The second-order valence-corrected chi connectivity index (χ2v) is 6.74. The number of anilines is 1. The highest BCUT2D eigenvalue weighted by Crippen LogP contribution is 2.32. The van der Waals surface area contributed by atoms with Crippen molar-refractivity contribution in [3.63, 3.8) is 0 Å². The lowest BCUT2D eigenvalue weighted by Crippen LogP contribution is -2.38. The molecule has 1 aliphatic rings. The van der Waals surface area contributed by atoms with Crippen LogP contribution in [0.4, 0.5) is 5.69 Å². The third-order valence-electron chi connectivity index (χ3n) is 4.82. The first-order valence-corrected chi connectivity index (χ1v) is 8.98. The van der Waals surface area contributed by atoms with Crippen LogP contribution in [-0.2, 0) is 16.0 Å². The zero-order valence-corrected chi connectivity index (χ0v) is 15.1. The van der Waals surface area contributed by atoms with Crippen molar-refractivity contribution in [1.29, 1.82) is 0 Å². The summed E-state index contributed by atoms with van der Waals surface area (Å²) in [7, 11) is 0. The number of carbonyl (C=O) groups is 3. The number of hydrogen-bond donors (Lipinski definition) is 3. The molecule has 2 aromatic carbocycles. The number of carboxylic acids is 1. The maximum atomic E-state index is 12.7. The summed E-state index contributed by atoms with van der Waals surface area (Å²) in [5.41, 5.74) is 3.25. The van der Waals surface area contributed by atoms with Gasteiger partial charge in [0.05, 0.1) is 5.92 Å². The summed E-state index contributed by atoms with van der Waals surface area (Å²) in [6.45, 7) is 1.40. The Morgan fingerprint density at radius 2 is 1.78 bits per heavy atom. The molecular weight excluding hydrogens is 344 g/mol. The van der Waals surface area contributed by atoms with Gasteiger partial charge in [0.15, 0.2) is 0 Å². The molecule has 0 saturated heterocycles. The standard InChI is InChI=1S/C21H22N2O4/c1-13(21(26)27)22-19(24)15-9-11-16(12-10-15)23-20(25)18-8-4-6-14-5-2-3-7-17(14)18/h2-3,5,7,9-13,18H,4,6,8H2,1H3,(H,22,24)(H,23,25)(H,26,27).